The Labute approximate surface area is 181 Å². The van der Waals surface area contributed by atoms with E-state index in [1.165, 1.54) is 0 Å². The summed E-state index contributed by atoms with van der Waals surface area (Å²) in [6.07, 6.45) is -0.537. The largest absolute Gasteiger partial charge is 0.448 e. The molecular weight excluding hydrogens is 392 g/mol. The number of benzene rings is 3. The summed E-state index contributed by atoms with van der Waals surface area (Å²) in [6.45, 7) is 0.934. The zero-order valence-electron chi connectivity index (χ0n) is 17.6. The van der Waals surface area contributed by atoms with Crippen molar-refractivity contribution in [2.75, 3.05) is 43.6 Å². The molecule has 7 heteroatoms. The van der Waals surface area contributed by atoms with Crippen LogP contribution in [0.1, 0.15) is 10.4 Å². The summed E-state index contributed by atoms with van der Waals surface area (Å²) in [4.78, 5) is 26.4. The van der Waals surface area contributed by atoms with Gasteiger partial charge in [0.1, 0.15) is 6.61 Å². The fraction of sp³-hybridized carbons (Fsp3) is 0.167. The molecule has 4 N–H and O–H groups in total. The van der Waals surface area contributed by atoms with Crippen LogP contribution >= 0.6 is 0 Å². The van der Waals surface area contributed by atoms with Gasteiger partial charge in [0.05, 0.1) is 11.4 Å². The molecule has 0 radical (unpaired) electrons. The van der Waals surface area contributed by atoms with Crippen LogP contribution in [-0.4, -0.2) is 44.1 Å². The van der Waals surface area contributed by atoms with E-state index in [1.54, 1.807) is 30.3 Å². The molecule has 2 amide bonds. The summed E-state index contributed by atoms with van der Waals surface area (Å²) in [5.74, 6) is -0.294. The number of nitrogens with zero attached hydrogens (tertiary/aromatic N) is 1. The Morgan fingerprint density at radius 1 is 0.903 bits per heavy atom. The lowest BCUT2D eigenvalue weighted by atomic mass is 10.0. The molecule has 0 saturated heterocycles. The number of rotatable bonds is 7. The Balaban J connectivity index is 1.63. The maximum absolute atomic E-state index is 12.7. The zero-order valence-corrected chi connectivity index (χ0v) is 17.6. The topological polar surface area (TPSA) is 96.7 Å². The molecular formula is C24H26N4O3. The van der Waals surface area contributed by atoms with E-state index in [0.717, 1.165) is 11.1 Å². The van der Waals surface area contributed by atoms with Crippen LogP contribution in [0.5, 0.6) is 0 Å². The van der Waals surface area contributed by atoms with Gasteiger partial charge in [-0.2, -0.15) is 0 Å². The molecule has 0 atom stereocenters. The highest BCUT2D eigenvalue weighted by molar-refractivity contribution is 6.06. The molecule has 3 aromatic carbocycles. The van der Waals surface area contributed by atoms with Gasteiger partial charge in [-0.05, 0) is 61.6 Å². The number of nitrogens with two attached hydrogens (primary N) is 1. The molecule has 3 aromatic rings. The second-order valence-electron chi connectivity index (χ2n) is 7.26. The number of carbonyl (C=O) groups is 2. The molecule has 0 aromatic heterocycles. The first-order chi connectivity index (χ1) is 14.9. The van der Waals surface area contributed by atoms with Gasteiger partial charge in [-0.25, -0.2) is 4.79 Å². The molecule has 0 unspecified atom stereocenters. The van der Waals surface area contributed by atoms with E-state index in [4.69, 9.17) is 10.5 Å². The normalized spacial score (nSPS) is 10.5. The number of nitrogens with one attached hydrogen (secondary N) is 2. The van der Waals surface area contributed by atoms with Crippen LogP contribution < -0.4 is 16.4 Å². The average molecular weight is 418 g/mol. The van der Waals surface area contributed by atoms with Gasteiger partial charge < -0.3 is 20.7 Å². The summed E-state index contributed by atoms with van der Waals surface area (Å²) in [6, 6.07) is 21.9. The number of nitrogen functional groups attached to an aromatic ring is 1. The summed E-state index contributed by atoms with van der Waals surface area (Å²) in [5.41, 5.74) is 10.0. The average Bonchev–Trinajstić information content (AvgIpc) is 2.76. The third-order valence-corrected chi connectivity index (χ3v) is 4.57. The van der Waals surface area contributed by atoms with E-state index in [1.807, 2.05) is 61.5 Å². The van der Waals surface area contributed by atoms with Crippen molar-refractivity contribution in [1.82, 2.24) is 4.90 Å². The summed E-state index contributed by atoms with van der Waals surface area (Å²) < 4.78 is 5.09. The third kappa shape index (κ3) is 6.32. The number of likely N-dealkylation sites (N-methyl/N-ethyl adjacent to an activating group) is 1. The first kappa shape index (κ1) is 21.9. The minimum absolute atomic E-state index is 0.294. The van der Waals surface area contributed by atoms with Crippen molar-refractivity contribution in [3.63, 3.8) is 0 Å². The van der Waals surface area contributed by atoms with Crippen molar-refractivity contribution in [3.05, 3.63) is 78.4 Å². The van der Waals surface area contributed by atoms with Gasteiger partial charge in [-0.15, -0.1) is 0 Å². The highest BCUT2D eigenvalue weighted by Gasteiger charge is 2.11. The van der Waals surface area contributed by atoms with E-state index < -0.39 is 6.09 Å². The minimum atomic E-state index is -0.537. The molecule has 0 heterocycles. The predicted octanol–water partition coefficient (Wildman–Crippen LogP) is 4.30. The highest BCUT2D eigenvalue weighted by Crippen LogP contribution is 2.27. The molecule has 0 fully saturated rings. The smallest absolute Gasteiger partial charge is 0.411 e. The molecule has 0 spiro atoms. The number of amides is 2. The monoisotopic (exact) mass is 418 g/mol. The number of hydrogen-bond donors (Lipinski definition) is 3. The Morgan fingerprint density at radius 2 is 1.61 bits per heavy atom. The Hall–Kier alpha value is -3.84. The van der Waals surface area contributed by atoms with Crippen molar-refractivity contribution in [3.8, 4) is 11.1 Å². The van der Waals surface area contributed by atoms with Crippen molar-refractivity contribution in [2.45, 2.75) is 0 Å². The fourth-order valence-electron chi connectivity index (χ4n) is 2.85. The van der Waals surface area contributed by atoms with Crippen molar-refractivity contribution >= 4 is 29.1 Å². The first-order valence-corrected chi connectivity index (χ1v) is 9.87. The summed E-state index contributed by atoms with van der Waals surface area (Å²) in [5, 5.41) is 5.49. The van der Waals surface area contributed by atoms with Crippen LogP contribution in [0.2, 0.25) is 0 Å². The maximum Gasteiger partial charge on any atom is 0.411 e. The second-order valence-corrected chi connectivity index (χ2v) is 7.26. The fourth-order valence-corrected chi connectivity index (χ4v) is 2.85. The van der Waals surface area contributed by atoms with E-state index in [2.05, 4.69) is 10.6 Å². The number of ether oxygens (including phenoxy) is 1. The van der Waals surface area contributed by atoms with Gasteiger partial charge in [0.25, 0.3) is 5.91 Å². The SMILES string of the molecule is CN(C)CCOC(=O)Nc1ccc(C(=O)Nc2cc(-c3ccccc3)ccc2N)cc1. The molecule has 0 aliphatic rings. The van der Waals surface area contributed by atoms with Crippen molar-refractivity contribution in [2.24, 2.45) is 0 Å². The number of hydrogen-bond acceptors (Lipinski definition) is 5. The molecule has 3 rings (SSSR count). The van der Waals surface area contributed by atoms with Gasteiger partial charge in [-0.1, -0.05) is 36.4 Å². The molecule has 0 bridgehead atoms. The summed E-state index contributed by atoms with van der Waals surface area (Å²) >= 11 is 0. The van der Waals surface area contributed by atoms with Crippen LogP contribution in [-0.2, 0) is 4.74 Å². The predicted molar refractivity (Wildman–Crippen MR) is 124 cm³/mol. The van der Waals surface area contributed by atoms with E-state index in [9.17, 15) is 9.59 Å². The lowest BCUT2D eigenvalue weighted by molar-refractivity contribution is 0.102. The molecule has 0 saturated carbocycles. The minimum Gasteiger partial charge on any atom is -0.448 e. The van der Waals surface area contributed by atoms with Gasteiger partial charge in [0, 0.05) is 17.8 Å². The lowest BCUT2D eigenvalue weighted by Gasteiger charge is -2.12. The lowest BCUT2D eigenvalue weighted by Crippen LogP contribution is -2.22. The molecule has 7 nitrogen and oxygen atoms in total. The second kappa shape index (κ2) is 10.3. The van der Waals surface area contributed by atoms with Crippen molar-refractivity contribution < 1.29 is 14.3 Å². The van der Waals surface area contributed by atoms with Gasteiger partial charge in [0.2, 0.25) is 0 Å². The van der Waals surface area contributed by atoms with Crippen LogP contribution in [0.3, 0.4) is 0 Å². The molecule has 31 heavy (non-hydrogen) atoms. The molecule has 0 aliphatic carbocycles. The number of carbonyl (C=O) groups excluding carboxylic acids is 2. The van der Waals surface area contributed by atoms with E-state index in [-0.39, 0.29) is 5.91 Å². The first-order valence-electron chi connectivity index (χ1n) is 9.87. The quantitative estimate of drug-likeness (QED) is 0.497. The standard InChI is InChI=1S/C24H26N4O3/c1-28(2)14-15-31-24(30)26-20-11-8-18(9-12-20)23(29)27-22-16-19(10-13-21(22)25)17-6-4-3-5-7-17/h3-13,16H,14-15,25H2,1-2H3,(H,26,30)(H,27,29). The van der Waals surface area contributed by atoms with E-state index >= 15 is 0 Å². The Bertz CT molecular complexity index is 1030. The highest BCUT2D eigenvalue weighted by atomic mass is 16.5. The van der Waals surface area contributed by atoms with E-state index in [0.29, 0.717) is 35.8 Å². The Kier molecular flexibility index (Phi) is 7.24. The van der Waals surface area contributed by atoms with Crippen LogP contribution in [0, 0.1) is 0 Å². The number of anilines is 3. The zero-order chi connectivity index (χ0) is 22.2. The van der Waals surface area contributed by atoms with Gasteiger partial charge in [0.15, 0.2) is 0 Å². The van der Waals surface area contributed by atoms with Crippen LogP contribution in [0.15, 0.2) is 72.8 Å². The van der Waals surface area contributed by atoms with Crippen LogP contribution in [0.4, 0.5) is 21.9 Å². The third-order valence-electron chi connectivity index (χ3n) is 4.57. The van der Waals surface area contributed by atoms with Crippen LogP contribution in [0.25, 0.3) is 11.1 Å². The van der Waals surface area contributed by atoms with Crippen molar-refractivity contribution in [1.29, 1.82) is 0 Å². The van der Waals surface area contributed by atoms with Gasteiger partial charge >= 0.3 is 6.09 Å². The maximum atomic E-state index is 12.7. The molecule has 160 valence electrons. The molecule has 0 aliphatic heterocycles. The van der Waals surface area contributed by atoms with Gasteiger partial charge in [-0.3, -0.25) is 10.1 Å². The summed E-state index contributed by atoms with van der Waals surface area (Å²) in [7, 11) is 3.80. The Morgan fingerprint density at radius 3 is 2.29 bits per heavy atom.